The first-order valence-electron chi connectivity index (χ1n) is 10.8. The molecule has 1 atom stereocenters. The van der Waals surface area contributed by atoms with Crippen molar-refractivity contribution in [3.05, 3.63) is 35.8 Å². The fourth-order valence-electron chi connectivity index (χ4n) is 4.56. The van der Waals surface area contributed by atoms with Crippen LogP contribution < -0.4 is 10.1 Å². The molecule has 1 fully saturated rings. The molecule has 164 valence electrons. The minimum Gasteiger partial charge on any atom is -0.481 e. The van der Waals surface area contributed by atoms with E-state index in [-0.39, 0.29) is 0 Å². The number of pyridine rings is 1. The Hall–Kier alpha value is -2.91. The molecule has 5 heterocycles. The van der Waals surface area contributed by atoms with E-state index in [1.54, 1.807) is 13.3 Å². The summed E-state index contributed by atoms with van der Waals surface area (Å²) in [7, 11) is 3.81. The molecule has 9 heteroatoms. The largest absolute Gasteiger partial charge is 0.481 e. The fourth-order valence-corrected chi connectivity index (χ4v) is 4.56. The standard InChI is InChI=1S/C22H29N7O2/c1-15-8-18(10-23-22(15)30-3)29-21-19(5-7-31-14-24-21)20(26-29)17-9-25-28(13-17)12-16-4-6-27(2)11-16/h8-10,13,16,24H,4-7,11-12,14H2,1-3H3. The number of rotatable bonds is 5. The van der Waals surface area contributed by atoms with Gasteiger partial charge in [-0.2, -0.15) is 10.2 Å². The van der Waals surface area contributed by atoms with Gasteiger partial charge in [0.2, 0.25) is 5.88 Å². The molecule has 1 saturated heterocycles. The minimum absolute atomic E-state index is 0.454. The Morgan fingerprint density at radius 2 is 2.23 bits per heavy atom. The summed E-state index contributed by atoms with van der Waals surface area (Å²) in [5, 5.41) is 13.0. The van der Waals surface area contributed by atoms with Gasteiger partial charge in [-0.05, 0) is 38.9 Å². The Morgan fingerprint density at radius 3 is 3.00 bits per heavy atom. The molecule has 0 aliphatic carbocycles. The van der Waals surface area contributed by atoms with Crippen LogP contribution in [0.25, 0.3) is 16.9 Å². The molecule has 3 aromatic heterocycles. The molecule has 0 amide bonds. The number of anilines is 1. The van der Waals surface area contributed by atoms with Crippen molar-refractivity contribution >= 4 is 5.82 Å². The zero-order chi connectivity index (χ0) is 21.4. The first kappa shape index (κ1) is 20.0. The third kappa shape index (κ3) is 3.90. The molecule has 5 rings (SSSR count). The molecule has 1 unspecified atom stereocenters. The third-order valence-electron chi connectivity index (χ3n) is 6.12. The van der Waals surface area contributed by atoms with E-state index in [0.717, 1.165) is 59.9 Å². The zero-order valence-electron chi connectivity index (χ0n) is 18.3. The highest BCUT2D eigenvalue weighted by Gasteiger charge is 2.24. The molecule has 0 spiro atoms. The number of hydrogen-bond acceptors (Lipinski definition) is 7. The Kier molecular flexibility index (Phi) is 5.37. The summed E-state index contributed by atoms with van der Waals surface area (Å²) in [6.07, 6.45) is 7.85. The maximum absolute atomic E-state index is 5.67. The molecule has 2 aliphatic rings. The Balaban J connectivity index is 1.50. The summed E-state index contributed by atoms with van der Waals surface area (Å²) in [6, 6.07) is 2.04. The van der Waals surface area contributed by atoms with Crippen molar-refractivity contribution < 1.29 is 9.47 Å². The van der Waals surface area contributed by atoms with Crippen LogP contribution in [0.15, 0.2) is 24.7 Å². The number of likely N-dealkylation sites (tertiary alicyclic amines) is 1. The highest BCUT2D eigenvalue weighted by Crippen LogP contribution is 2.33. The van der Waals surface area contributed by atoms with Gasteiger partial charge in [-0.3, -0.25) is 4.68 Å². The van der Waals surface area contributed by atoms with Crippen LogP contribution in [0, 0.1) is 12.8 Å². The molecule has 1 N–H and O–H groups in total. The summed E-state index contributed by atoms with van der Waals surface area (Å²) in [5.41, 5.74) is 4.97. The molecule has 0 radical (unpaired) electrons. The molecule has 9 nitrogen and oxygen atoms in total. The SMILES string of the molecule is COc1ncc(-n2nc(-c3cnn(CC4CCN(C)C4)c3)c3c2NCOCC3)cc1C. The number of nitrogens with one attached hydrogen (secondary N) is 1. The maximum Gasteiger partial charge on any atom is 0.216 e. The van der Waals surface area contributed by atoms with Gasteiger partial charge >= 0.3 is 0 Å². The van der Waals surface area contributed by atoms with E-state index in [1.165, 1.54) is 6.42 Å². The number of methoxy groups -OCH3 is 1. The van der Waals surface area contributed by atoms with E-state index in [2.05, 4.69) is 38.2 Å². The van der Waals surface area contributed by atoms with Gasteiger partial charge in [0.05, 0.1) is 31.8 Å². The van der Waals surface area contributed by atoms with E-state index in [9.17, 15) is 0 Å². The van der Waals surface area contributed by atoms with Crippen LogP contribution in [0.1, 0.15) is 17.5 Å². The van der Waals surface area contributed by atoms with Gasteiger partial charge in [-0.1, -0.05) is 0 Å². The van der Waals surface area contributed by atoms with Crippen molar-refractivity contribution in [2.24, 2.45) is 5.92 Å². The number of nitrogens with zero attached hydrogens (tertiary/aromatic N) is 6. The second-order valence-corrected chi connectivity index (χ2v) is 8.45. The zero-order valence-corrected chi connectivity index (χ0v) is 18.3. The predicted octanol–water partition coefficient (Wildman–Crippen LogP) is 2.34. The molecular weight excluding hydrogens is 394 g/mol. The lowest BCUT2D eigenvalue weighted by molar-refractivity contribution is 0.159. The monoisotopic (exact) mass is 423 g/mol. The van der Waals surface area contributed by atoms with Crippen LogP contribution in [-0.2, 0) is 17.7 Å². The Labute approximate surface area is 182 Å². The summed E-state index contributed by atoms with van der Waals surface area (Å²) >= 11 is 0. The van der Waals surface area contributed by atoms with Crippen LogP contribution in [0.5, 0.6) is 5.88 Å². The van der Waals surface area contributed by atoms with E-state index >= 15 is 0 Å². The molecule has 31 heavy (non-hydrogen) atoms. The summed E-state index contributed by atoms with van der Waals surface area (Å²) in [5.74, 6) is 2.22. The van der Waals surface area contributed by atoms with Crippen molar-refractivity contribution in [3.63, 3.8) is 0 Å². The van der Waals surface area contributed by atoms with Crippen LogP contribution >= 0.6 is 0 Å². The van der Waals surface area contributed by atoms with Crippen molar-refractivity contribution in [2.75, 3.05) is 45.9 Å². The van der Waals surface area contributed by atoms with Gasteiger partial charge < -0.3 is 19.7 Å². The van der Waals surface area contributed by atoms with E-state index in [4.69, 9.17) is 14.6 Å². The average Bonchev–Trinajstić information content (AvgIpc) is 3.43. The van der Waals surface area contributed by atoms with Crippen LogP contribution in [0.2, 0.25) is 0 Å². The van der Waals surface area contributed by atoms with Crippen LogP contribution in [-0.4, -0.2) is 70.0 Å². The quantitative estimate of drug-likeness (QED) is 0.674. The van der Waals surface area contributed by atoms with Gasteiger partial charge in [-0.15, -0.1) is 0 Å². The highest BCUT2D eigenvalue weighted by atomic mass is 16.5. The molecule has 2 aliphatic heterocycles. The minimum atomic E-state index is 0.454. The van der Waals surface area contributed by atoms with E-state index in [1.807, 2.05) is 23.9 Å². The van der Waals surface area contributed by atoms with Gasteiger partial charge in [0.15, 0.2) is 0 Å². The second-order valence-electron chi connectivity index (χ2n) is 8.45. The summed E-state index contributed by atoms with van der Waals surface area (Å²) < 4.78 is 15.0. The van der Waals surface area contributed by atoms with Crippen molar-refractivity contribution in [1.29, 1.82) is 0 Å². The van der Waals surface area contributed by atoms with Gasteiger partial charge in [0, 0.05) is 42.4 Å². The second kappa shape index (κ2) is 8.32. The predicted molar refractivity (Wildman–Crippen MR) is 118 cm³/mol. The summed E-state index contributed by atoms with van der Waals surface area (Å²) in [6.45, 7) is 6.33. The molecule has 0 saturated carbocycles. The summed E-state index contributed by atoms with van der Waals surface area (Å²) in [4.78, 5) is 6.81. The lowest BCUT2D eigenvalue weighted by atomic mass is 10.1. The molecule has 0 aromatic carbocycles. The van der Waals surface area contributed by atoms with E-state index < -0.39 is 0 Å². The van der Waals surface area contributed by atoms with Gasteiger partial charge in [0.1, 0.15) is 18.2 Å². The lowest BCUT2D eigenvalue weighted by Crippen LogP contribution is -2.17. The third-order valence-corrected chi connectivity index (χ3v) is 6.12. The average molecular weight is 424 g/mol. The number of hydrogen-bond donors (Lipinski definition) is 1. The smallest absolute Gasteiger partial charge is 0.216 e. The first-order chi connectivity index (χ1) is 15.1. The van der Waals surface area contributed by atoms with Crippen LogP contribution in [0.3, 0.4) is 0 Å². The molecular formula is C22H29N7O2. The van der Waals surface area contributed by atoms with Gasteiger partial charge in [0.25, 0.3) is 0 Å². The van der Waals surface area contributed by atoms with Crippen molar-refractivity contribution in [2.45, 2.75) is 26.3 Å². The Morgan fingerprint density at radius 1 is 1.32 bits per heavy atom. The number of fused-ring (bicyclic) bond motifs is 1. The van der Waals surface area contributed by atoms with Gasteiger partial charge in [-0.25, -0.2) is 9.67 Å². The molecule has 0 bridgehead atoms. The van der Waals surface area contributed by atoms with E-state index in [0.29, 0.717) is 25.1 Å². The fraction of sp³-hybridized carbons (Fsp3) is 0.500. The lowest BCUT2D eigenvalue weighted by Gasteiger charge is -2.10. The topological polar surface area (TPSA) is 82.3 Å². The number of aryl methyl sites for hydroxylation is 1. The normalized spacial score (nSPS) is 19.1. The van der Waals surface area contributed by atoms with Crippen molar-refractivity contribution in [1.82, 2.24) is 29.4 Å². The maximum atomic E-state index is 5.67. The Bertz CT molecular complexity index is 1070. The number of aromatic nitrogens is 5. The first-order valence-corrected chi connectivity index (χ1v) is 10.8. The van der Waals surface area contributed by atoms with Crippen molar-refractivity contribution in [3.8, 4) is 22.8 Å². The number of ether oxygens (including phenoxy) is 2. The molecule has 3 aromatic rings. The van der Waals surface area contributed by atoms with Crippen LogP contribution in [0.4, 0.5) is 5.82 Å². The highest BCUT2D eigenvalue weighted by molar-refractivity contribution is 5.70.